The van der Waals surface area contributed by atoms with Gasteiger partial charge in [0, 0.05) is 24.2 Å². The number of anilines is 1. The van der Waals surface area contributed by atoms with Crippen molar-refractivity contribution < 1.29 is 18.7 Å². The predicted octanol–water partition coefficient (Wildman–Crippen LogP) is 2.98. The number of methoxy groups -OCH3 is 1. The van der Waals surface area contributed by atoms with Crippen LogP contribution >= 0.6 is 22.9 Å². The summed E-state index contributed by atoms with van der Waals surface area (Å²) in [6, 6.07) is 8.64. The van der Waals surface area contributed by atoms with E-state index in [1.54, 1.807) is 12.1 Å². The number of nitrogens with one attached hydrogen (secondary N) is 2. The molecular formula is C15H14ClFN2O3S. The molecule has 1 aromatic heterocycles. The molecule has 0 radical (unpaired) electrons. The molecule has 8 heteroatoms. The van der Waals surface area contributed by atoms with Crippen molar-refractivity contribution in [1.29, 1.82) is 0 Å². The fourth-order valence-electron chi connectivity index (χ4n) is 1.79. The van der Waals surface area contributed by atoms with Crippen LogP contribution in [-0.2, 0) is 14.3 Å². The van der Waals surface area contributed by atoms with Crippen molar-refractivity contribution in [2.24, 2.45) is 0 Å². The normalized spacial score (nSPS) is 11.8. The maximum Gasteiger partial charge on any atom is 0.313 e. The van der Waals surface area contributed by atoms with Crippen LogP contribution in [0, 0.1) is 5.82 Å². The molecule has 0 aliphatic rings. The number of benzene rings is 1. The molecule has 2 N–H and O–H groups in total. The van der Waals surface area contributed by atoms with Gasteiger partial charge in [-0.25, -0.2) is 4.39 Å². The predicted molar refractivity (Wildman–Crippen MR) is 87.1 cm³/mol. The number of halogens is 2. The number of thiophene rings is 1. The molecule has 2 rings (SSSR count). The molecule has 2 aromatic rings. The number of ether oxygens (including phenoxy) is 1. The highest BCUT2D eigenvalue weighted by Crippen LogP contribution is 2.28. The van der Waals surface area contributed by atoms with Gasteiger partial charge < -0.3 is 15.4 Å². The first-order valence-electron chi connectivity index (χ1n) is 6.62. The quantitative estimate of drug-likeness (QED) is 0.809. The number of carbonyl (C=O) groups is 2. The number of rotatable bonds is 5. The highest BCUT2D eigenvalue weighted by atomic mass is 35.5. The Morgan fingerprint density at radius 2 is 1.91 bits per heavy atom. The van der Waals surface area contributed by atoms with E-state index in [4.69, 9.17) is 16.3 Å². The van der Waals surface area contributed by atoms with E-state index in [0.717, 1.165) is 4.88 Å². The molecule has 122 valence electrons. The van der Waals surface area contributed by atoms with Crippen molar-refractivity contribution in [1.82, 2.24) is 5.32 Å². The zero-order valence-electron chi connectivity index (χ0n) is 12.1. The molecule has 1 atom stereocenters. The third-order valence-corrected chi connectivity index (χ3v) is 4.28. The first-order valence-corrected chi connectivity index (χ1v) is 7.82. The number of amides is 2. The lowest BCUT2D eigenvalue weighted by Crippen LogP contribution is -2.37. The van der Waals surface area contributed by atoms with Crippen LogP contribution in [0.3, 0.4) is 0 Å². The summed E-state index contributed by atoms with van der Waals surface area (Å²) in [7, 11) is 1.50. The van der Waals surface area contributed by atoms with Gasteiger partial charge >= 0.3 is 11.8 Å². The van der Waals surface area contributed by atoms with Gasteiger partial charge in [0.05, 0.1) is 4.34 Å². The third-order valence-electron chi connectivity index (χ3n) is 2.95. The largest absolute Gasteiger partial charge is 0.374 e. The molecule has 0 saturated heterocycles. The van der Waals surface area contributed by atoms with E-state index >= 15 is 0 Å². The minimum atomic E-state index is -0.837. The molecule has 0 fully saturated rings. The van der Waals surface area contributed by atoms with Crippen molar-refractivity contribution in [2.45, 2.75) is 6.10 Å². The molecule has 2 amide bonds. The second-order valence-electron chi connectivity index (χ2n) is 4.54. The standard InChI is InChI=1S/C15H14ClFN2O3S/c1-22-11(12-6-7-13(16)23-12)8-18-14(20)15(21)19-10-4-2-9(17)3-5-10/h2-7,11H,8H2,1H3,(H,18,20)(H,19,21). The van der Waals surface area contributed by atoms with Gasteiger partial charge in [-0.15, -0.1) is 11.3 Å². The zero-order chi connectivity index (χ0) is 16.8. The van der Waals surface area contributed by atoms with E-state index in [-0.39, 0.29) is 6.54 Å². The fraction of sp³-hybridized carbons (Fsp3) is 0.200. The van der Waals surface area contributed by atoms with E-state index in [1.165, 1.54) is 42.7 Å². The SMILES string of the molecule is COC(CNC(=O)C(=O)Nc1ccc(F)cc1)c1ccc(Cl)s1. The summed E-state index contributed by atoms with van der Waals surface area (Å²) < 4.78 is 18.7. The molecule has 0 saturated carbocycles. The third kappa shape index (κ3) is 5.02. The van der Waals surface area contributed by atoms with Crippen LogP contribution in [0.1, 0.15) is 11.0 Å². The lowest BCUT2D eigenvalue weighted by atomic mass is 10.3. The first-order chi connectivity index (χ1) is 11.0. The van der Waals surface area contributed by atoms with Crippen LogP contribution in [0.4, 0.5) is 10.1 Å². The Labute approximate surface area is 141 Å². The van der Waals surface area contributed by atoms with Gasteiger partial charge in [0.1, 0.15) is 11.9 Å². The summed E-state index contributed by atoms with van der Waals surface area (Å²) in [6.07, 6.45) is -0.393. The average Bonchev–Trinajstić information content (AvgIpc) is 2.96. The minimum absolute atomic E-state index is 0.128. The van der Waals surface area contributed by atoms with Crippen molar-refractivity contribution in [2.75, 3.05) is 19.0 Å². The van der Waals surface area contributed by atoms with Crippen LogP contribution in [0.5, 0.6) is 0 Å². The summed E-state index contributed by atoms with van der Waals surface area (Å²) in [5.74, 6) is -2.07. The van der Waals surface area contributed by atoms with Crippen molar-refractivity contribution in [3.05, 3.63) is 51.4 Å². The summed E-state index contributed by atoms with van der Waals surface area (Å²) >= 11 is 7.20. The van der Waals surface area contributed by atoms with Crippen LogP contribution in [-0.4, -0.2) is 25.5 Å². The zero-order valence-corrected chi connectivity index (χ0v) is 13.7. The molecular weight excluding hydrogens is 343 g/mol. The number of hydrogen-bond donors (Lipinski definition) is 2. The Bertz CT molecular complexity index is 690. The maximum atomic E-state index is 12.8. The Hall–Kier alpha value is -1.96. The molecule has 0 spiro atoms. The van der Waals surface area contributed by atoms with Crippen molar-refractivity contribution in [3.63, 3.8) is 0 Å². The molecule has 1 aromatic carbocycles. The van der Waals surface area contributed by atoms with Crippen molar-refractivity contribution in [3.8, 4) is 0 Å². The molecule has 0 bridgehead atoms. The maximum absolute atomic E-state index is 12.8. The molecule has 0 aliphatic carbocycles. The monoisotopic (exact) mass is 356 g/mol. The summed E-state index contributed by atoms with van der Waals surface area (Å²) in [5.41, 5.74) is 0.333. The summed E-state index contributed by atoms with van der Waals surface area (Å²) in [5, 5.41) is 4.86. The number of carbonyl (C=O) groups excluding carboxylic acids is 2. The smallest absolute Gasteiger partial charge is 0.313 e. The van der Waals surface area contributed by atoms with Crippen LogP contribution < -0.4 is 10.6 Å². The highest BCUT2D eigenvalue weighted by molar-refractivity contribution is 7.16. The van der Waals surface area contributed by atoms with Gasteiger partial charge in [-0.3, -0.25) is 9.59 Å². The molecule has 0 aliphatic heterocycles. The molecule has 23 heavy (non-hydrogen) atoms. The Kier molecular flexibility index (Phi) is 6.09. The van der Waals surface area contributed by atoms with Crippen LogP contribution in [0.2, 0.25) is 4.34 Å². The van der Waals surface area contributed by atoms with Gasteiger partial charge in [-0.2, -0.15) is 0 Å². The first kappa shape index (κ1) is 17.4. The lowest BCUT2D eigenvalue weighted by molar-refractivity contribution is -0.136. The van der Waals surface area contributed by atoms with E-state index in [2.05, 4.69) is 10.6 Å². The van der Waals surface area contributed by atoms with Crippen LogP contribution in [0.15, 0.2) is 36.4 Å². The fourth-order valence-corrected chi connectivity index (χ4v) is 2.93. The summed E-state index contributed by atoms with van der Waals surface area (Å²) in [4.78, 5) is 24.4. The van der Waals surface area contributed by atoms with E-state index in [1.807, 2.05) is 0 Å². The van der Waals surface area contributed by atoms with Gasteiger partial charge in [-0.05, 0) is 36.4 Å². The van der Waals surface area contributed by atoms with Gasteiger partial charge in [0.15, 0.2) is 0 Å². The second-order valence-corrected chi connectivity index (χ2v) is 6.28. The van der Waals surface area contributed by atoms with E-state index < -0.39 is 23.7 Å². The van der Waals surface area contributed by atoms with Gasteiger partial charge in [-0.1, -0.05) is 11.6 Å². The van der Waals surface area contributed by atoms with Crippen molar-refractivity contribution >= 4 is 40.4 Å². The molecule has 1 unspecified atom stereocenters. The minimum Gasteiger partial charge on any atom is -0.374 e. The second kappa shape index (κ2) is 8.05. The summed E-state index contributed by atoms with van der Waals surface area (Å²) in [6.45, 7) is 0.128. The topological polar surface area (TPSA) is 67.4 Å². The lowest BCUT2D eigenvalue weighted by Gasteiger charge is -2.14. The van der Waals surface area contributed by atoms with Gasteiger partial charge in [0.2, 0.25) is 0 Å². The Morgan fingerprint density at radius 1 is 1.22 bits per heavy atom. The van der Waals surface area contributed by atoms with E-state index in [9.17, 15) is 14.0 Å². The highest BCUT2D eigenvalue weighted by Gasteiger charge is 2.18. The van der Waals surface area contributed by atoms with E-state index in [0.29, 0.717) is 10.0 Å². The average molecular weight is 357 g/mol. The Morgan fingerprint density at radius 3 is 2.48 bits per heavy atom. The number of hydrogen-bond acceptors (Lipinski definition) is 4. The molecule has 1 heterocycles. The van der Waals surface area contributed by atoms with Crippen LogP contribution in [0.25, 0.3) is 0 Å². The molecule has 5 nitrogen and oxygen atoms in total. The van der Waals surface area contributed by atoms with Gasteiger partial charge in [0.25, 0.3) is 0 Å². The Balaban J connectivity index is 1.87.